The molecule has 2 atom stereocenters. The van der Waals surface area contributed by atoms with E-state index in [9.17, 15) is 14.7 Å². The van der Waals surface area contributed by atoms with Gasteiger partial charge < -0.3 is 20.7 Å². The van der Waals surface area contributed by atoms with Crippen LogP contribution in [0.25, 0.3) is 0 Å². The van der Waals surface area contributed by atoms with E-state index in [2.05, 4.69) is 15.6 Å². The standard InChI is InChI=1S/C11H13N3O3/c15-8-1-2-11(10(17)13-8)4-6-3-9(16)12-5-7(6)14-11/h3,5,8,14-15H,1-2,4H2,(H,12,16)(H,13,17). The van der Waals surface area contributed by atoms with Crippen molar-refractivity contribution in [2.45, 2.75) is 31.0 Å². The molecule has 2 unspecified atom stereocenters. The number of nitrogens with one attached hydrogen (secondary N) is 3. The summed E-state index contributed by atoms with van der Waals surface area (Å²) in [5, 5.41) is 15.0. The predicted molar refractivity (Wildman–Crippen MR) is 60.5 cm³/mol. The molecule has 1 aromatic rings. The maximum atomic E-state index is 12.0. The normalized spacial score (nSPS) is 30.9. The summed E-state index contributed by atoms with van der Waals surface area (Å²) < 4.78 is 0. The third-order valence-electron chi connectivity index (χ3n) is 3.45. The molecule has 1 amide bonds. The highest BCUT2D eigenvalue weighted by Gasteiger charge is 2.46. The van der Waals surface area contributed by atoms with Gasteiger partial charge in [-0.15, -0.1) is 0 Å². The van der Waals surface area contributed by atoms with Gasteiger partial charge in [-0.05, 0) is 18.4 Å². The summed E-state index contributed by atoms with van der Waals surface area (Å²) >= 11 is 0. The van der Waals surface area contributed by atoms with Gasteiger partial charge in [0.05, 0.1) is 5.69 Å². The van der Waals surface area contributed by atoms with Crippen molar-refractivity contribution in [2.24, 2.45) is 0 Å². The zero-order valence-electron chi connectivity index (χ0n) is 9.12. The number of anilines is 1. The highest BCUT2D eigenvalue weighted by atomic mass is 16.3. The van der Waals surface area contributed by atoms with Crippen molar-refractivity contribution in [1.82, 2.24) is 10.3 Å². The van der Waals surface area contributed by atoms with Crippen LogP contribution in [0.3, 0.4) is 0 Å². The molecule has 17 heavy (non-hydrogen) atoms. The third-order valence-corrected chi connectivity index (χ3v) is 3.45. The van der Waals surface area contributed by atoms with Gasteiger partial charge in [0.1, 0.15) is 11.8 Å². The lowest BCUT2D eigenvalue weighted by molar-refractivity contribution is -0.131. The summed E-state index contributed by atoms with van der Waals surface area (Å²) in [6.07, 6.45) is 2.39. The Kier molecular flexibility index (Phi) is 2.03. The first kappa shape index (κ1) is 10.3. The molecule has 1 saturated heterocycles. The van der Waals surface area contributed by atoms with Gasteiger partial charge in [0.15, 0.2) is 0 Å². The average molecular weight is 235 g/mol. The molecular formula is C11H13N3O3. The van der Waals surface area contributed by atoms with E-state index in [1.54, 1.807) is 6.20 Å². The summed E-state index contributed by atoms with van der Waals surface area (Å²) in [6, 6.07) is 1.51. The molecule has 0 radical (unpaired) electrons. The SMILES string of the molecule is O=C1NC(O)CCC12Cc1cc(=O)[nH]cc1N2. The number of H-pyrrole nitrogens is 1. The van der Waals surface area contributed by atoms with Crippen molar-refractivity contribution in [3.63, 3.8) is 0 Å². The number of aliphatic hydroxyl groups is 1. The Balaban J connectivity index is 1.95. The topological polar surface area (TPSA) is 94.2 Å². The molecule has 6 heteroatoms. The summed E-state index contributed by atoms with van der Waals surface area (Å²) in [7, 11) is 0. The Bertz CT molecular complexity index is 539. The smallest absolute Gasteiger partial charge is 0.248 e. The fraction of sp³-hybridized carbons (Fsp3) is 0.455. The van der Waals surface area contributed by atoms with Crippen molar-refractivity contribution in [1.29, 1.82) is 0 Å². The van der Waals surface area contributed by atoms with Crippen LogP contribution >= 0.6 is 0 Å². The Morgan fingerprint density at radius 1 is 1.41 bits per heavy atom. The van der Waals surface area contributed by atoms with E-state index in [0.29, 0.717) is 19.3 Å². The third kappa shape index (κ3) is 1.52. The van der Waals surface area contributed by atoms with E-state index in [-0.39, 0.29) is 11.5 Å². The van der Waals surface area contributed by atoms with Crippen molar-refractivity contribution >= 4 is 11.6 Å². The van der Waals surface area contributed by atoms with Crippen molar-refractivity contribution in [3.8, 4) is 0 Å². The molecule has 0 saturated carbocycles. The highest BCUT2D eigenvalue weighted by molar-refractivity contribution is 5.92. The lowest BCUT2D eigenvalue weighted by Crippen LogP contribution is -2.58. The van der Waals surface area contributed by atoms with Crippen LogP contribution in [0.1, 0.15) is 18.4 Å². The maximum Gasteiger partial charge on any atom is 0.248 e. The van der Waals surface area contributed by atoms with Gasteiger partial charge in [-0.2, -0.15) is 0 Å². The molecule has 2 aliphatic heterocycles. The summed E-state index contributed by atoms with van der Waals surface area (Å²) in [5.41, 5.74) is 0.763. The Labute approximate surface area is 97.0 Å². The second kappa shape index (κ2) is 3.33. The molecule has 2 aliphatic rings. The van der Waals surface area contributed by atoms with Crippen molar-refractivity contribution in [3.05, 3.63) is 28.2 Å². The number of hydrogen-bond acceptors (Lipinski definition) is 4. The first-order valence-electron chi connectivity index (χ1n) is 5.58. The van der Waals surface area contributed by atoms with Crippen LogP contribution < -0.4 is 16.2 Å². The van der Waals surface area contributed by atoms with E-state index in [1.165, 1.54) is 6.07 Å². The zero-order valence-corrected chi connectivity index (χ0v) is 9.12. The van der Waals surface area contributed by atoms with Gasteiger partial charge in [0, 0.05) is 18.7 Å². The van der Waals surface area contributed by atoms with E-state index in [1.807, 2.05) is 0 Å². The summed E-state index contributed by atoms with van der Waals surface area (Å²) in [6.45, 7) is 0. The number of carbonyl (C=O) groups is 1. The predicted octanol–water partition coefficient (Wildman–Crippen LogP) is -0.690. The van der Waals surface area contributed by atoms with Crippen LogP contribution in [0.2, 0.25) is 0 Å². The van der Waals surface area contributed by atoms with Gasteiger partial charge in [-0.1, -0.05) is 0 Å². The molecule has 1 spiro atoms. The number of carbonyl (C=O) groups excluding carboxylic acids is 1. The second-order valence-corrected chi connectivity index (χ2v) is 4.65. The molecule has 1 fully saturated rings. The van der Waals surface area contributed by atoms with Gasteiger partial charge in [0.2, 0.25) is 11.5 Å². The number of aromatic nitrogens is 1. The zero-order chi connectivity index (χ0) is 12.0. The highest BCUT2D eigenvalue weighted by Crippen LogP contribution is 2.36. The van der Waals surface area contributed by atoms with E-state index < -0.39 is 11.8 Å². The van der Waals surface area contributed by atoms with Crippen LogP contribution in [0.4, 0.5) is 5.69 Å². The number of fused-ring (bicyclic) bond motifs is 1. The van der Waals surface area contributed by atoms with Gasteiger partial charge in [0.25, 0.3) is 0 Å². The molecule has 0 aromatic carbocycles. The van der Waals surface area contributed by atoms with Crippen molar-refractivity contribution < 1.29 is 9.90 Å². The van der Waals surface area contributed by atoms with Gasteiger partial charge in [-0.3, -0.25) is 9.59 Å². The van der Waals surface area contributed by atoms with Gasteiger partial charge in [-0.25, -0.2) is 0 Å². The first-order valence-corrected chi connectivity index (χ1v) is 5.58. The number of amides is 1. The lowest BCUT2D eigenvalue weighted by atomic mass is 9.86. The van der Waals surface area contributed by atoms with Crippen molar-refractivity contribution in [2.75, 3.05) is 5.32 Å². The number of pyridine rings is 1. The van der Waals surface area contributed by atoms with Crippen LogP contribution in [0.15, 0.2) is 17.1 Å². The maximum absolute atomic E-state index is 12.0. The number of aromatic amines is 1. The number of piperidine rings is 1. The molecule has 3 rings (SSSR count). The second-order valence-electron chi connectivity index (χ2n) is 4.65. The van der Waals surface area contributed by atoms with Crippen LogP contribution in [0.5, 0.6) is 0 Å². The molecule has 0 bridgehead atoms. The molecule has 6 nitrogen and oxygen atoms in total. The fourth-order valence-corrected chi connectivity index (χ4v) is 2.55. The molecular weight excluding hydrogens is 222 g/mol. The van der Waals surface area contributed by atoms with Crippen LogP contribution in [0, 0.1) is 0 Å². The van der Waals surface area contributed by atoms with E-state index >= 15 is 0 Å². The monoisotopic (exact) mass is 235 g/mol. The largest absolute Gasteiger partial charge is 0.374 e. The number of aliphatic hydroxyl groups excluding tert-OH is 1. The summed E-state index contributed by atoms with van der Waals surface area (Å²) in [4.78, 5) is 25.7. The first-order chi connectivity index (χ1) is 8.09. The molecule has 0 aliphatic carbocycles. The Morgan fingerprint density at radius 2 is 2.24 bits per heavy atom. The van der Waals surface area contributed by atoms with Crippen LogP contribution in [-0.4, -0.2) is 27.8 Å². The fourth-order valence-electron chi connectivity index (χ4n) is 2.55. The minimum atomic E-state index is -0.764. The molecule has 90 valence electrons. The van der Waals surface area contributed by atoms with Crippen LogP contribution in [-0.2, 0) is 11.2 Å². The van der Waals surface area contributed by atoms with Gasteiger partial charge >= 0.3 is 0 Å². The average Bonchev–Trinajstić information content (AvgIpc) is 2.63. The molecule has 1 aromatic heterocycles. The molecule has 3 heterocycles. The Hall–Kier alpha value is -1.82. The van der Waals surface area contributed by atoms with E-state index in [0.717, 1.165) is 11.3 Å². The van der Waals surface area contributed by atoms with E-state index in [4.69, 9.17) is 0 Å². The number of rotatable bonds is 0. The minimum absolute atomic E-state index is 0.168. The Morgan fingerprint density at radius 3 is 3.00 bits per heavy atom. The number of hydrogen-bond donors (Lipinski definition) is 4. The summed E-state index contributed by atoms with van der Waals surface area (Å²) in [5.74, 6) is -0.208. The lowest BCUT2D eigenvalue weighted by Gasteiger charge is -2.35. The minimum Gasteiger partial charge on any atom is -0.374 e. The molecule has 4 N–H and O–H groups in total. The quantitative estimate of drug-likeness (QED) is 0.479.